The van der Waals surface area contributed by atoms with Crippen LogP contribution in [0.4, 0.5) is 0 Å². The van der Waals surface area contributed by atoms with Gasteiger partial charge in [-0.1, -0.05) is 46.3 Å². The second kappa shape index (κ2) is 6.34. The lowest BCUT2D eigenvalue weighted by atomic mass is 9.74. The van der Waals surface area contributed by atoms with Crippen molar-refractivity contribution in [2.45, 2.75) is 73.6 Å². The molecule has 0 fully saturated rings. The number of allylic oxidation sites excluding steroid dienone is 5. The quantitative estimate of drug-likeness (QED) is 0.541. The maximum Gasteiger partial charge on any atom is 0.0662 e. The SMILES string of the molecule is C/C=C1C=NC2=C(\C(C)(C)C)C[C@H](C)CC/C(CC)=C\2C\1. The molecule has 0 bridgehead atoms. The molecule has 0 aromatic rings. The second-order valence-electron chi connectivity index (χ2n) is 7.66. The number of rotatable bonds is 1. The molecule has 0 unspecified atom stereocenters. The van der Waals surface area contributed by atoms with Crippen molar-refractivity contribution in [3.8, 4) is 0 Å². The lowest BCUT2D eigenvalue weighted by molar-refractivity contribution is 0.418. The molecule has 0 N–H and O–H groups in total. The normalized spacial score (nSPS) is 32.9. The van der Waals surface area contributed by atoms with Crippen molar-refractivity contribution in [1.82, 2.24) is 0 Å². The Bertz CT molecular complexity index is 521. The first-order valence-electron chi connectivity index (χ1n) is 8.51. The number of hydrogen-bond acceptors (Lipinski definition) is 1. The molecule has 0 aromatic heterocycles. The molecular formula is C20H31N. The predicted molar refractivity (Wildman–Crippen MR) is 93.7 cm³/mol. The van der Waals surface area contributed by atoms with Crippen LogP contribution in [-0.4, -0.2) is 6.21 Å². The zero-order chi connectivity index (χ0) is 15.6. The van der Waals surface area contributed by atoms with Crippen LogP contribution in [0.15, 0.2) is 39.1 Å². The summed E-state index contributed by atoms with van der Waals surface area (Å²) >= 11 is 0. The third kappa shape index (κ3) is 3.56. The monoisotopic (exact) mass is 285 g/mol. The summed E-state index contributed by atoms with van der Waals surface area (Å²) in [5, 5.41) is 0. The molecular weight excluding hydrogens is 254 g/mol. The summed E-state index contributed by atoms with van der Waals surface area (Å²) in [6, 6.07) is 0. The number of aliphatic imine (C=N–C) groups is 1. The highest BCUT2D eigenvalue weighted by atomic mass is 14.8. The van der Waals surface area contributed by atoms with Crippen LogP contribution in [0.25, 0.3) is 0 Å². The molecule has 0 saturated heterocycles. The van der Waals surface area contributed by atoms with E-state index < -0.39 is 0 Å². The van der Waals surface area contributed by atoms with E-state index >= 15 is 0 Å². The lowest BCUT2D eigenvalue weighted by Gasteiger charge is -2.33. The predicted octanol–water partition coefficient (Wildman–Crippen LogP) is 6.23. The van der Waals surface area contributed by atoms with E-state index in [1.807, 2.05) is 0 Å². The summed E-state index contributed by atoms with van der Waals surface area (Å²) in [7, 11) is 0. The summed E-state index contributed by atoms with van der Waals surface area (Å²) in [6.45, 7) is 13.8. The largest absolute Gasteiger partial charge is 0.256 e. The third-order valence-corrected chi connectivity index (χ3v) is 4.93. The van der Waals surface area contributed by atoms with Crippen molar-refractivity contribution in [3.05, 3.63) is 34.1 Å². The molecule has 21 heavy (non-hydrogen) atoms. The van der Waals surface area contributed by atoms with E-state index in [2.05, 4.69) is 53.8 Å². The minimum absolute atomic E-state index is 0.204. The molecule has 0 radical (unpaired) electrons. The average molecular weight is 285 g/mol. The Hall–Kier alpha value is -1.11. The molecule has 2 rings (SSSR count). The van der Waals surface area contributed by atoms with Gasteiger partial charge in [-0.25, -0.2) is 0 Å². The molecule has 0 saturated carbocycles. The molecule has 1 heteroatoms. The van der Waals surface area contributed by atoms with E-state index in [1.165, 1.54) is 36.1 Å². The third-order valence-electron chi connectivity index (χ3n) is 4.93. The highest BCUT2D eigenvalue weighted by Gasteiger charge is 2.29. The van der Waals surface area contributed by atoms with Crippen LogP contribution in [0.5, 0.6) is 0 Å². The van der Waals surface area contributed by atoms with Crippen LogP contribution < -0.4 is 0 Å². The molecule has 2 aliphatic rings. The van der Waals surface area contributed by atoms with Gasteiger partial charge in [0.25, 0.3) is 0 Å². The lowest BCUT2D eigenvalue weighted by Crippen LogP contribution is -2.19. The first kappa shape index (κ1) is 16.3. The van der Waals surface area contributed by atoms with E-state index in [0.29, 0.717) is 0 Å². The Morgan fingerprint density at radius 2 is 2.05 bits per heavy atom. The van der Waals surface area contributed by atoms with E-state index in [9.17, 15) is 0 Å². The van der Waals surface area contributed by atoms with Gasteiger partial charge in [-0.3, -0.25) is 4.99 Å². The van der Waals surface area contributed by atoms with E-state index in [4.69, 9.17) is 4.99 Å². The Morgan fingerprint density at radius 3 is 2.62 bits per heavy atom. The standard InChI is InChI=1S/C20H31N/c1-7-15-12-17-16(8-2)10-9-14(3)11-18(20(4,5)6)19(17)21-13-15/h7,13-14H,8-12H2,1-6H3/b15-7-,17-16-,19-18-/t14-/m1/s1. The molecule has 1 heterocycles. The fraction of sp³-hybridized carbons (Fsp3) is 0.650. The first-order valence-corrected chi connectivity index (χ1v) is 8.51. The van der Waals surface area contributed by atoms with Crippen molar-refractivity contribution in [1.29, 1.82) is 0 Å². The second-order valence-corrected chi connectivity index (χ2v) is 7.66. The first-order chi connectivity index (χ1) is 9.86. The molecule has 0 amide bonds. The van der Waals surface area contributed by atoms with Gasteiger partial charge in [0.2, 0.25) is 0 Å². The van der Waals surface area contributed by atoms with Gasteiger partial charge in [0.1, 0.15) is 0 Å². The summed E-state index contributed by atoms with van der Waals surface area (Å²) in [6.07, 6.45) is 10.3. The Kier molecular flexibility index (Phi) is 4.91. The molecule has 1 aliphatic heterocycles. The van der Waals surface area contributed by atoms with Gasteiger partial charge in [-0.15, -0.1) is 0 Å². The minimum atomic E-state index is 0.204. The Labute approximate surface area is 130 Å². The molecule has 116 valence electrons. The zero-order valence-corrected chi connectivity index (χ0v) is 14.7. The summed E-state index contributed by atoms with van der Waals surface area (Å²) in [4.78, 5) is 4.91. The Balaban J connectivity index is 2.66. The maximum absolute atomic E-state index is 4.91. The molecule has 1 aliphatic carbocycles. The molecule has 0 aromatic carbocycles. The van der Waals surface area contributed by atoms with Crippen molar-refractivity contribution in [3.63, 3.8) is 0 Å². The van der Waals surface area contributed by atoms with Crippen LogP contribution in [-0.2, 0) is 0 Å². The van der Waals surface area contributed by atoms with Gasteiger partial charge in [-0.05, 0) is 60.7 Å². The minimum Gasteiger partial charge on any atom is -0.256 e. The van der Waals surface area contributed by atoms with E-state index in [-0.39, 0.29) is 5.41 Å². The van der Waals surface area contributed by atoms with E-state index in [0.717, 1.165) is 18.8 Å². The van der Waals surface area contributed by atoms with Gasteiger partial charge >= 0.3 is 0 Å². The number of nitrogens with zero attached hydrogens (tertiary/aromatic N) is 1. The Morgan fingerprint density at radius 1 is 1.33 bits per heavy atom. The summed E-state index contributed by atoms with van der Waals surface area (Å²) in [5.41, 5.74) is 7.61. The van der Waals surface area contributed by atoms with Crippen LogP contribution in [0.1, 0.15) is 73.6 Å². The fourth-order valence-corrected chi connectivity index (χ4v) is 3.46. The van der Waals surface area contributed by atoms with Gasteiger partial charge in [0, 0.05) is 12.6 Å². The highest BCUT2D eigenvalue weighted by Crippen LogP contribution is 2.43. The van der Waals surface area contributed by atoms with Crippen molar-refractivity contribution >= 4 is 6.21 Å². The van der Waals surface area contributed by atoms with Crippen LogP contribution >= 0.6 is 0 Å². The zero-order valence-electron chi connectivity index (χ0n) is 14.7. The average Bonchev–Trinajstić information content (AvgIpc) is 2.42. The van der Waals surface area contributed by atoms with Crippen molar-refractivity contribution in [2.24, 2.45) is 16.3 Å². The maximum atomic E-state index is 4.91. The molecule has 1 atom stereocenters. The van der Waals surface area contributed by atoms with Gasteiger partial charge < -0.3 is 0 Å². The fourth-order valence-electron chi connectivity index (χ4n) is 3.46. The topological polar surface area (TPSA) is 12.4 Å². The van der Waals surface area contributed by atoms with Gasteiger partial charge in [0.15, 0.2) is 0 Å². The van der Waals surface area contributed by atoms with Crippen LogP contribution in [0.3, 0.4) is 0 Å². The molecule has 0 spiro atoms. The van der Waals surface area contributed by atoms with Gasteiger partial charge in [0.05, 0.1) is 5.70 Å². The van der Waals surface area contributed by atoms with Crippen molar-refractivity contribution < 1.29 is 0 Å². The van der Waals surface area contributed by atoms with E-state index in [1.54, 1.807) is 11.1 Å². The molecule has 1 nitrogen and oxygen atoms in total. The van der Waals surface area contributed by atoms with Crippen molar-refractivity contribution in [2.75, 3.05) is 0 Å². The number of fused-ring (bicyclic) bond motifs is 1. The number of hydrogen-bond donors (Lipinski definition) is 0. The van der Waals surface area contributed by atoms with Gasteiger partial charge in [-0.2, -0.15) is 0 Å². The van der Waals surface area contributed by atoms with Crippen LogP contribution in [0.2, 0.25) is 0 Å². The van der Waals surface area contributed by atoms with Crippen LogP contribution in [0, 0.1) is 11.3 Å². The summed E-state index contributed by atoms with van der Waals surface area (Å²) in [5.74, 6) is 0.758. The smallest absolute Gasteiger partial charge is 0.0662 e. The summed E-state index contributed by atoms with van der Waals surface area (Å²) < 4.78 is 0. The highest BCUT2D eigenvalue weighted by molar-refractivity contribution is 5.83.